The van der Waals surface area contributed by atoms with Gasteiger partial charge in [0.15, 0.2) is 0 Å². The zero-order valence-electron chi connectivity index (χ0n) is 5.17. The number of ketones is 1. The molecule has 2 nitrogen and oxygen atoms in total. The van der Waals surface area contributed by atoms with E-state index in [-0.39, 0.29) is 10.2 Å². The molecular formula is C5H9O2Ru. The second kappa shape index (κ2) is 6.96. The molecule has 0 saturated carbocycles. The Bertz CT molecular complexity index is 68.4. The van der Waals surface area contributed by atoms with Crippen molar-refractivity contribution >= 4 is 10.2 Å². The number of hydrogen-bond acceptors (Lipinski definition) is 2. The van der Waals surface area contributed by atoms with Gasteiger partial charge in [0.1, 0.15) is 5.78 Å². The van der Waals surface area contributed by atoms with E-state index in [0.717, 1.165) is 0 Å². The Morgan fingerprint density at radius 3 is 1.12 bits per heavy atom. The third-order valence-corrected chi connectivity index (χ3v) is 0. The zero-order valence-corrected chi connectivity index (χ0v) is 6.91. The summed E-state index contributed by atoms with van der Waals surface area (Å²) < 4.78 is 0.0967. The Labute approximate surface area is 59.3 Å². The topological polar surface area (TPSA) is 34.1 Å². The van der Waals surface area contributed by atoms with E-state index in [1.54, 1.807) is 0 Å². The number of carbonyl (C=O) groups is 2. The summed E-state index contributed by atoms with van der Waals surface area (Å²) in [5, 5.41) is 0. The van der Waals surface area contributed by atoms with Crippen molar-refractivity contribution in [3.05, 3.63) is 0 Å². The van der Waals surface area contributed by atoms with Crippen molar-refractivity contribution in [2.24, 2.45) is 0 Å². The first-order valence-corrected chi connectivity index (χ1v) is 2.95. The average Bonchev–Trinajstić information content (AvgIpc) is 1.25. The molecule has 8 heavy (non-hydrogen) atoms. The Morgan fingerprint density at radius 2 is 1.12 bits per heavy atom. The van der Waals surface area contributed by atoms with Crippen molar-refractivity contribution in [1.29, 1.82) is 0 Å². The monoisotopic (exact) mass is 203 g/mol. The first kappa shape index (κ1) is 10.9. The summed E-state index contributed by atoms with van der Waals surface area (Å²) in [6, 6.07) is 0. The molecule has 0 unspecified atom stereocenters. The minimum absolute atomic E-state index is 0.0967. The third-order valence-electron chi connectivity index (χ3n) is 0. The van der Waals surface area contributed by atoms with E-state index >= 15 is 0 Å². The van der Waals surface area contributed by atoms with Gasteiger partial charge in [0.05, 0.1) is 0 Å². The van der Waals surface area contributed by atoms with Gasteiger partial charge in [0.2, 0.25) is 0 Å². The summed E-state index contributed by atoms with van der Waals surface area (Å²) in [6.45, 7) is 4.55. The third kappa shape index (κ3) is 110000. The first-order chi connectivity index (χ1) is 3.46. The fourth-order valence-electron chi connectivity index (χ4n) is 0. The summed E-state index contributed by atoms with van der Waals surface area (Å²) in [6.07, 6.45) is 0. The van der Waals surface area contributed by atoms with Crippen LogP contribution in [0, 0.1) is 0 Å². The molecule has 0 aliphatic carbocycles. The Balaban J connectivity index is 0. The molecule has 0 fully saturated rings. The van der Waals surface area contributed by atoms with E-state index in [9.17, 15) is 9.59 Å². The zero-order chi connectivity index (χ0) is 7.15. The Kier molecular flexibility index (Phi) is 9.45. The molecule has 3 heteroatoms. The van der Waals surface area contributed by atoms with Gasteiger partial charge in [-0.25, -0.2) is 0 Å². The van der Waals surface area contributed by atoms with E-state index in [1.807, 2.05) is 18.3 Å². The fraction of sp³-hybridized carbons (Fsp3) is 0.600. The minimum atomic E-state index is 0.0967. The van der Waals surface area contributed by atoms with E-state index in [0.29, 0.717) is 0 Å². The van der Waals surface area contributed by atoms with Gasteiger partial charge in [-0.3, -0.25) is 0 Å². The SMILES string of the molecule is CC(C)=O.C[C](=O)[Ru]. The molecule has 0 radical (unpaired) electrons. The average molecular weight is 202 g/mol. The van der Waals surface area contributed by atoms with Gasteiger partial charge in [-0.15, -0.1) is 0 Å². The predicted molar refractivity (Wildman–Crippen MR) is 27.0 cm³/mol. The Morgan fingerprint density at radius 1 is 1.12 bits per heavy atom. The predicted octanol–water partition coefficient (Wildman–Crippen LogP) is 0.675. The van der Waals surface area contributed by atoms with Crippen molar-refractivity contribution in [2.75, 3.05) is 0 Å². The summed E-state index contributed by atoms with van der Waals surface area (Å²) in [4.78, 5) is 18.9. The molecule has 0 heterocycles. The molecular weight excluding hydrogens is 193 g/mol. The summed E-state index contributed by atoms with van der Waals surface area (Å²) in [7, 11) is 0. The number of carbonyl (C=O) groups excluding carboxylic acids is 2. The molecule has 0 spiro atoms. The van der Waals surface area contributed by atoms with Crippen LogP contribution >= 0.6 is 0 Å². The molecule has 0 amide bonds. The Hall–Kier alpha value is -0.0366. The molecule has 0 atom stereocenters. The van der Waals surface area contributed by atoms with Gasteiger partial charge in [-0.05, 0) is 13.8 Å². The number of hydrogen-bond donors (Lipinski definition) is 0. The second-order valence-electron chi connectivity index (χ2n) is 1.36. The van der Waals surface area contributed by atoms with Crippen LogP contribution in [0.3, 0.4) is 0 Å². The standard InChI is InChI=1S/C3H6O.C2H3O.Ru/c1-3(2)4;1-2-3;/h1-2H3;1H3;. The van der Waals surface area contributed by atoms with Gasteiger partial charge >= 0.3 is 34.4 Å². The van der Waals surface area contributed by atoms with Crippen molar-refractivity contribution < 1.29 is 27.9 Å². The maximum absolute atomic E-state index is 9.44. The van der Waals surface area contributed by atoms with Crippen LogP contribution in [0.25, 0.3) is 0 Å². The van der Waals surface area contributed by atoms with Crippen molar-refractivity contribution in [1.82, 2.24) is 0 Å². The maximum atomic E-state index is 9.44. The molecule has 0 aliphatic rings. The van der Waals surface area contributed by atoms with Crippen LogP contribution in [0.5, 0.6) is 0 Å². The number of rotatable bonds is 0. The second-order valence-corrected chi connectivity index (χ2v) is 2.59. The fourth-order valence-corrected chi connectivity index (χ4v) is 0. The van der Waals surface area contributed by atoms with Crippen molar-refractivity contribution in [3.8, 4) is 0 Å². The van der Waals surface area contributed by atoms with Crippen LogP contribution in [0.15, 0.2) is 0 Å². The summed E-state index contributed by atoms with van der Waals surface area (Å²) >= 11 is 1.94. The van der Waals surface area contributed by atoms with Crippen LogP contribution in [-0.4, -0.2) is 10.2 Å². The molecule has 0 rings (SSSR count). The molecule has 0 saturated heterocycles. The van der Waals surface area contributed by atoms with Gasteiger partial charge in [-0.2, -0.15) is 0 Å². The van der Waals surface area contributed by atoms with Gasteiger partial charge in [0, 0.05) is 0 Å². The van der Waals surface area contributed by atoms with E-state index in [4.69, 9.17) is 0 Å². The van der Waals surface area contributed by atoms with Crippen LogP contribution in [0.2, 0.25) is 0 Å². The first-order valence-electron chi connectivity index (χ1n) is 2.09. The molecule has 49 valence electrons. The van der Waals surface area contributed by atoms with Crippen LogP contribution in [-0.2, 0) is 27.9 Å². The summed E-state index contributed by atoms with van der Waals surface area (Å²) in [5.74, 6) is 0.167. The number of Topliss-reactive ketones (excluding diaryl/α,β-unsaturated/α-hetero) is 1. The van der Waals surface area contributed by atoms with Crippen LogP contribution in [0.1, 0.15) is 20.8 Å². The van der Waals surface area contributed by atoms with E-state index in [1.165, 1.54) is 20.8 Å². The van der Waals surface area contributed by atoms with E-state index < -0.39 is 0 Å². The van der Waals surface area contributed by atoms with Crippen LogP contribution < -0.4 is 0 Å². The van der Waals surface area contributed by atoms with Gasteiger partial charge in [0.25, 0.3) is 0 Å². The normalized spacial score (nSPS) is 6.50. The van der Waals surface area contributed by atoms with Gasteiger partial charge in [-0.1, -0.05) is 0 Å². The molecule has 0 aromatic heterocycles. The molecule has 0 aromatic rings. The molecule has 0 N–H and O–H groups in total. The molecule has 0 aliphatic heterocycles. The summed E-state index contributed by atoms with van der Waals surface area (Å²) in [5.41, 5.74) is 0. The van der Waals surface area contributed by atoms with Crippen molar-refractivity contribution in [3.63, 3.8) is 0 Å². The molecule has 0 bridgehead atoms. The quantitative estimate of drug-likeness (QED) is 0.541. The van der Waals surface area contributed by atoms with Gasteiger partial charge < -0.3 is 4.79 Å². The van der Waals surface area contributed by atoms with Crippen LogP contribution in [0.4, 0.5) is 0 Å². The molecule has 0 aromatic carbocycles. The van der Waals surface area contributed by atoms with E-state index in [2.05, 4.69) is 0 Å². The van der Waals surface area contributed by atoms with Crippen molar-refractivity contribution in [2.45, 2.75) is 20.8 Å².